The largest absolute Gasteiger partial charge is 0.480 e. The number of carbonyl (C=O) groups is 3. The summed E-state index contributed by atoms with van der Waals surface area (Å²) in [6.07, 6.45) is 0.729. The van der Waals surface area contributed by atoms with Crippen LogP contribution in [0.25, 0.3) is 0 Å². The van der Waals surface area contributed by atoms with Gasteiger partial charge in [0.1, 0.15) is 12.1 Å². The highest BCUT2D eigenvalue weighted by molar-refractivity contribution is 7.80. The summed E-state index contributed by atoms with van der Waals surface area (Å²) < 4.78 is 0. The van der Waals surface area contributed by atoms with Gasteiger partial charge in [-0.2, -0.15) is 25.3 Å². The van der Waals surface area contributed by atoms with E-state index in [1.807, 2.05) is 13.8 Å². The molecule has 4 atom stereocenters. The number of rotatable bonds is 9. The molecule has 0 aliphatic rings. The number of hydrogen-bond acceptors (Lipinski definition) is 6. The number of amides is 2. The summed E-state index contributed by atoms with van der Waals surface area (Å²) in [4.78, 5) is 34.7. The highest BCUT2D eigenvalue weighted by Gasteiger charge is 2.27. The molecular formula is C12H23N3O4S2. The van der Waals surface area contributed by atoms with E-state index in [9.17, 15) is 14.4 Å². The quantitative estimate of drug-likeness (QED) is 0.310. The van der Waals surface area contributed by atoms with Gasteiger partial charge in [-0.3, -0.25) is 9.59 Å². The normalized spacial score (nSPS) is 16.4. The summed E-state index contributed by atoms with van der Waals surface area (Å²) in [7, 11) is 0. The molecule has 0 aliphatic heterocycles. The molecule has 5 N–H and O–H groups in total. The molecule has 7 nitrogen and oxygen atoms in total. The van der Waals surface area contributed by atoms with E-state index in [1.165, 1.54) is 0 Å². The van der Waals surface area contributed by atoms with Gasteiger partial charge in [-0.25, -0.2) is 4.79 Å². The molecule has 0 rings (SSSR count). The first-order chi connectivity index (χ1) is 9.78. The smallest absolute Gasteiger partial charge is 0.327 e. The number of carboxylic acid groups (broad SMARTS) is 1. The first-order valence-electron chi connectivity index (χ1n) is 6.59. The first kappa shape index (κ1) is 20.1. The molecule has 0 radical (unpaired) electrons. The lowest BCUT2D eigenvalue weighted by Crippen LogP contribution is -2.56. The van der Waals surface area contributed by atoms with Crippen LogP contribution in [0.2, 0.25) is 0 Å². The van der Waals surface area contributed by atoms with Crippen molar-refractivity contribution >= 4 is 43.0 Å². The zero-order chi connectivity index (χ0) is 16.6. The Labute approximate surface area is 135 Å². The van der Waals surface area contributed by atoms with Gasteiger partial charge in [-0.05, 0) is 5.92 Å². The van der Waals surface area contributed by atoms with Crippen LogP contribution in [0.15, 0.2) is 0 Å². The lowest BCUT2D eigenvalue weighted by atomic mass is 9.99. The Morgan fingerprint density at radius 3 is 1.95 bits per heavy atom. The Kier molecular flexibility index (Phi) is 9.47. The minimum atomic E-state index is -1.20. The van der Waals surface area contributed by atoms with Gasteiger partial charge < -0.3 is 21.5 Å². The van der Waals surface area contributed by atoms with E-state index >= 15 is 0 Å². The third-order valence-corrected chi connectivity index (χ3v) is 3.90. The molecule has 0 spiro atoms. The Hall–Kier alpha value is -0.930. The molecule has 4 unspecified atom stereocenters. The van der Waals surface area contributed by atoms with Crippen LogP contribution in [0.4, 0.5) is 0 Å². The SMILES string of the molecule is CCC(C)C(N)C(=O)NC(CS)C(=O)NC(CS)C(=O)O. The maximum absolute atomic E-state index is 11.9. The van der Waals surface area contributed by atoms with Crippen LogP contribution in [0.5, 0.6) is 0 Å². The van der Waals surface area contributed by atoms with Crippen molar-refractivity contribution in [2.75, 3.05) is 11.5 Å². The van der Waals surface area contributed by atoms with Gasteiger partial charge in [0, 0.05) is 11.5 Å². The highest BCUT2D eigenvalue weighted by atomic mass is 32.1. The van der Waals surface area contributed by atoms with E-state index < -0.39 is 35.9 Å². The lowest BCUT2D eigenvalue weighted by Gasteiger charge is -2.23. The van der Waals surface area contributed by atoms with E-state index in [0.29, 0.717) is 0 Å². The second-order valence-corrected chi connectivity index (χ2v) is 5.47. The molecule has 0 bridgehead atoms. The summed E-state index contributed by atoms with van der Waals surface area (Å²) in [5, 5.41) is 13.6. The Morgan fingerprint density at radius 2 is 1.57 bits per heavy atom. The second kappa shape index (κ2) is 9.91. The van der Waals surface area contributed by atoms with Gasteiger partial charge in [0.05, 0.1) is 6.04 Å². The van der Waals surface area contributed by atoms with Crippen LogP contribution >= 0.6 is 25.3 Å². The maximum atomic E-state index is 11.9. The fraction of sp³-hybridized carbons (Fsp3) is 0.750. The van der Waals surface area contributed by atoms with Gasteiger partial charge in [-0.1, -0.05) is 20.3 Å². The van der Waals surface area contributed by atoms with E-state index in [0.717, 1.165) is 6.42 Å². The average Bonchev–Trinajstić information content (AvgIpc) is 2.47. The second-order valence-electron chi connectivity index (χ2n) is 4.74. The van der Waals surface area contributed by atoms with Crippen molar-refractivity contribution in [2.24, 2.45) is 11.7 Å². The summed E-state index contributed by atoms with van der Waals surface area (Å²) in [5.74, 6) is -2.34. The Morgan fingerprint density at radius 1 is 1.10 bits per heavy atom. The van der Waals surface area contributed by atoms with Crippen LogP contribution in [-0.2, 0) is 14.4 Å². The van der Waals surface area contributed by atoms with Gasteiger partial charge in [-0.15, -0.1) is 0 Å². The molecule has 0 aliphatic carbocycles. The standard InChI is InChI=1S/C12H23N3O4S2/c1-3-6(2)9(13)11(17)14-7(4-20)10(16)15-8(5-21)12(18)19/h6-9,20-21H,3-5,13H2,1-2H3,(H,14,17)(H,15,16)(H,18,19). The Balaban J connectivity index is 4.67. The van der Waals surface area contributed by atoms with Gasteiger partial charge in [0.25, 0.3) is 0 Å². The number of carboxylic acids is 1. The summed E-state index contributed by atoms with van der Waals surface area (Å²) >= 11 is 7.84. The summed E-state index contributed by atoms with van der Waals surface area (Å²) in [6.45, 7) is 3.74. The molecule has 21 heavy (non-hydrogen) atoms. The van der Waals surface area contributed by atoms with Crippen molar-refractivity contribution < 1.29 is 19.5 Å². The number of nitrogens with one attached hydrogen (secondary N) is 2. The number of thiol groups is 2. The Bertz CT molecular complexity index is 382. The van der Waals surface area contributed by atoms with Crippen molar-refractivity contribution in [3.05, 3.63) is 0 Å². The van der Waals surface area contributed by atoms with Crippen LogP contribution in [-0.4, -0.2) is 52.5 Å². The van der Waals surface area contributed by atoms with Crippen LogP contribution < -0.4 is 16.4 Å². The van der Waals surface area contributed by atoms with E-state index in [-0.39, 0.29) is 17.4 Å². The highest BCUT2D eigenvalue weighted by Crippen LogP contribution is 2.05. The van der Waals surface area contributed by atoms with Crippen molar-refractivity contribution in [1.29, 1.82) is 0 Å². The maximum Gasteiger partial charge on any atom is 0.327 e. The summed E-state index contributed by atoms with van der Waals surface area (Å²) in [5.41, 5.74) is 5.78. The molecule has 122 valence electrons. The molecule has 2 amide bonds. The summed E-state index contributed by atoms with van der Waals surface area (Å²) in [6, 6.07) is -2.80. The fourth-order valence-electron chi connectivity index (χ4n) is 1.43. The van der Waals surface area contributed by atoms with Crippen molar-refractivity contribution in [3.63, 3.8) is 0 Å². The predicted molar refractivity (Wildman–Crippen MR) is 86.6 cm³/mol. The molecule has 0 saturated carbocycles. The molecule has 9 heteroatoms. The molecular weight excluding hydrogens is 314 g/mol. The van der Waals surface area contributed by atoms with E-state index in [4.69, 9.17) is 10.8 Å². The van der Waals surface area contributed by atoms with Gasteiger partial charge in [0.15, 0.2) is 0 Å². The first-order valence-corrected chi connectivity index (χ1v) is 7.85. The van der Waals surface area contributed by atoms with Gasteiger partial charge in [0.2, 0.25) is 11.8 Å². The van der Waals surface area contributed by atoms with Crippen molar-refractivity contribution in [3.8, 4) is 0 Å². The van der Waals surface area contributed by atoms with E-state index in [1.54, 1.807) is 0 Å². The minimum Gasteiger partial charge on any atom is -0.480 e. The van der Waals surface area contributed by atoms with Crippen molar-refractivity contribution in [2.45, 2.75) is 38.4 Å². The topological polar surface area (TPSA) is 122 Å². The third-order valence-electron chi connectivity index (χ3n) is 3.17. The van der Waals surface area contributed by atoms with Gasteiger partial charge >= 0.3 is 5.97 Å². The van der Waals surface area contributed by atoms with Crippen LogP contribution in [0.1, 0.15) is 20.3 Å². The average molecular weight is 337 g/mol. The van der Waals surface area contributed by atoms with Crippen LogP contribution in [0, 0.1) is 5.92 Å². The number of aliphatic carboxylic acids is 1. The zero-order valence-electron chi connectivity index (χ0n) is 12.1. The lowest BCUT2D eigenvalue weighted by molar-refractivity contribution is -0.141. The third kappa shape index (κ3) is 6.58. The zero-order valence-corrected chi connectivity index (χ0v) is 13.9. The molecule has 0 aromatic heterocycles. The fourth-order valence-corrected chi connectivity index (χ4v) is 1.94. The molecule has 0 aromatic carbocycles. The molecule has 0 heterocycles. The molecule has 0 fully saturated rings. The monoisotopic (exact) mass is 337 g/mol. The molecule has 0 saturated heterocycles. The number of nitrogens with two attached hydrogens (primary N) is 1. The molecule has 0 aromatic rings. The van der Waals surface area contributed by atoms with Crippen molar-refractivity contribution in [1.82, 2.24) is 10.6 Å². The van der Waals surface area contributed by atoms with E-state index in [2.05, 4.69) is 35.9 Å². The number of hydrogen-bond donors (Lipinski definition) is 6. The minimum absolute atomic E-state index is 0.0298. The number of carbonyl (C=O) groups excluding carboxylic acids is 2. The predicted octanol–water partition coefficient (Wildman–Crippen LogP) is -0.726. The van der Waals surface area contributed by atoms with Crippen LogP contribution in [0.3, 0.4) is 0 Å².